The minimum atomic E-state index is -0.605. The van der Waals surface area contributed by atoms with Crippen molar-refractivity contribution in [1.82, 2.24) is 25.3 Å². The van der Waals surface area contributed by atoms with Gasteiger partial charge in [-0.25, -0.2) is 0 Å². The van der Waals surface area contributed by atoms with Gasteiger partial charge in [-0.1, -0.05) is 23.7 Å². The Bertz CT molecular complexity index is 974. The number of aromatic nitrogens is 4. The monoisotopic (exact) mass is 371 g/mol. The summed E-state index contributed by atoms with van der Waals surface area (Å²) in [6.45, 7) is -0.197. The number of halogens is 1. The Morgan fingerprint density at radius 2 is 1.96 bits per heavy atom. The molecule has 0 saturated carbocycles. The normalized spacial score (nSPS) is 10.5. The summed E-state index contributed by atoms with van der Waals surface area (Å²) in [5.41, 5.74) is 0.756. The topological polar surface area (TPSA) is 110 Å². The van der Waals surface area contributed by atoms with Gasteiger partial charge in [-0.2, -0.15) is 20.0 Å². The van der Waals surface area contributed by atoms with E-state index in [9.17, 15) is 9.59 Å². The van der Waals surface area contributed by atoms with E-state index >= 15 is 0 Å². The minimum Gasteiger partial charge on any atom is -0.395 e. The van der Waals surface area contributed by atoms with Crippen LogP contribution in [0.1, 0.15) is 10.4 Å². The Hall–Kier alpha value is -3.10. The summed E-state index contributed by atoms with van der Waals surface area (Å²) in [7, 11) is 0. The molecule has 26 heavy (non-hydrogen) atoms. The number of hydrogen-bond donors (Lipinski definition) is 2. The molecule has 3 aromatic rings. The minimum absolute atomic E-state index is 0.0354. The molecule has 2 N–H and O–H groups in total. The fraction of sp³-hybridized carbons (Fsp3) is 0.118. The van der Waals surface area contributed by atoms with Gasteiger partial charge in [0.05, 0.1) is 30.4 Å². The summed E-state index contributed by atoms with van der Waals surface area (Å²) < 4.78 is 1.09. The van der Waals surface area contributed by atoms with Gasteiger partial charge in [-0.05, 0) is 24.3 Å². The summed E-state index contributed by atoms with van der Waals surface area (Å²) in [6, 6.07) is 9.81. The van der Waals surface area contributed by atoms with Crippen LogP contribution in [0.4, 0.5) is 0 Å². The zero-order valence-corrected chi connectivity index (χ0v) is 14.2. The Balaban J connectivity index is 2.17. The van der Waals surface area contributed by atoms with E-state index in [4.69, 9.17) is 16.7 Å². The summed E-state index contributed by atoms with van der Waals surface area (Å²) >= 11 is 5.91. The molecular formula is C17H14ClN5O3. The third kappa shape index (κ3) is 3.76. The maximum absolute atomic E-state index is 12.7. The highest BCUT2D eigenvalue weighted by atomic mass is 35.5. The molecule has 0 aliphatic carbocycles. The van der Waals surface area contributed by atoms with Crippen molar-refractivity contribution >= 4 is 17.5 Å². The number of carbonyl (C=O) groups excluding carboxylic acids is 1. The number of hydrogen-bond acceptors (Lipinski definition) is 6. The van der Waals surface area contributed by atoms with E-state index in [0.29, 0.717) is 22.0 Å². The van der Waals surface area contributed by atoms with Crippen molar-refractivity contribution in [1.29, 1.82) is 0 Å². The van der Waals surface area contributed by atoms with Crippen LogP contribution in [0, 0.1) is 0 Å². The maximum Gasteiger partial charge on any atom is 0.284 e. The van der Waals surface area contributed by atoms with Gasteiger partial charge in [0.2, 0.25) is 0 Å². The van der Waals surface area contributed by atoms with Crippen LogP contribution in [0.5, 0.6) is 0 Å². The smallest absolute Gasteiger partial charge is 0.284 e. The number of aliphatic hydroxyl groups excluding tert-OH is 1. The van der Waals surface area contributed by atoms with E-state index in [-0.39, 0.29) is 18.7 Å². The van der Waals surface area contributed by atoms with Crippen LogP contribution < -0.4 is 10.9 Å². The van der Waals surface area contributed by atoms with Crippen LogP contribution in [0.2, 0.25) is 5.02 Å². The van der Waals surface area contributed by atoms with Gasteiger partial charge in [-0.15, -0.1) is 0 Å². The summed E-state index contributed by atoms with van der Waals surface area (Å²) in [4.78, 5) is 25.1. The molecule has 0 aliphatic heterocycles. The molecule has 3 rings (SSSR count). The molecule has 1 amide bonds. The zero-order chi connectivity index (χ0) is 18.5. The molecule has 0 radical (unpaired) electrons. The van der Waals surface area contributed by atoms with Crippen molar-refractivity contribution in [2.45, 2.75) is 0 Å². The highest BCUT2D eigenvalue weighted by Crippen LogP contribution is 2.20. The number of aliphatic hydroxyl groups is 1. The molecule has 132 valence electrons. The number of carbonyl (C=O) groups is 1. The van der Waals surface area contributed by atoms with Gasteiger partial charge >= 0.3 is 0 Å². The van der Waals surface area contributed by atoms with Crippen molar-refractivity contribution in [3.8, 4) is 16.9 Å². The summed E-state index contributed by atoms with van der Waals surface area (Å²) in [5, 5.41) is 23.7. The van der Waals surface area contributed by atoms with Crippen molar-refractivity contribution in [3.05, 3.63) is 69.7 Å². The molecule has 0 aliphatic rings. The van der Waals surface area contributed by atoms with Crippen LogP contribution in [-0.4, -0.2) is 44.1 Å². The second kappa shape index (κ2) is 7.85. The van der Waals surface area contributed by atoms with Gasteiger partial charge < -0.3 is 10.4 Å². The molecule has 0 spiro atoms. The Kier molecular flexibility index (Phi) is 5.35. The molecule has 8 nitrogen and oxygen atoms in total. The van der Waals surface area contributed by atoms with Gasteiger partial charge in [0.15, 0.2) is 0 Å². The highest BCUT2D eigenvalue weighted by Gasteiger charge is 2.17. The molecule has 0 fully saturated rings. The largest absolute Gasteiger partial charge is 0.395 e. The van der Waals surface area contributed by atoms with Crippen molar-refractivity contribution in [2.75, 3.05) is 13.2 Å². The number of nitrogens with zero attached hydrogens (tertiary/aromatic N) is 4. The average Bonchev–Trinajstić information content (AvgIpc) is 2.67. The first-order chi connectivity index (χ1) is 12.6. The Morgan fingerprint density at radius 1 is 1.19 bits per heavy atom. The van der Waals surface area contributed by atoms with Crippen molar-refractivity contribution in [3.63, 3.8) is 0 Å². The van der Waals surface area contributed by atoms with E-state index in [1.807, 2.05) is 0 Å². The number of benzene rings is 1. The molecule has 1 aromatic carbocycles. The van der Waals surface area contributed by atoms with Crippen LogP contribution in [0.3, 0.4) is 0 Å². The quantitative estimate of drug-likeness (QED) is 0.694. The fourth-order valence-electron chi connectivity index (χ4n) is 2.27. The average molecular weight is 372 g/mol. The second-order valence-corrected chi connectivity index (χ2v) is 5.68. The molecule has 9 heteroatoms. The van der Waals surface area contributed by atoms with Crippen LogP contribution in [-0.2, 0) is 0 Å². The first kappa shape index (κ1) is 17.7. The van der Waals surface area contributed by atoms with E-state index < -0.39 is 11.5 Å². The van der Waals surface area contributed by atoms with Gasteiger partial charge in [-0.3, -0.25) is 9.59 Å². The lowest BCUT2D eigenvalue weighted by atomic mass is 10.1. The van der Waals surface area contributed by atoms with E-state index in [2.05, 4.69) is 20.6 Å². The lowest BCUT2D eigenvalue weighted by Crippen LogP contribution is -2.35. The molecule has 2 aromatic heterocycles. The standard InChI is InChI=1S/C17H14ClN5O3/c18-12-3-1-11(2-4-12)15-9-14(16(25)19-7-8-24)17(26)23(22-15)13-5-6-20-21-10-13/h1-6,9-10,24H,7-8H2,(H,19,25). The fourth-order valence-corrected chi connectivity index (χ4v) is 2.39. The lowest BCUT2D eigenvalue weighted by molar-refractivity contribution is 0.0942. The molecule has 0 saturated heterocycles. The van der Waals surface area contributed by atoms with Gasteiger partial charge in [0, 0.05) is 17.1 Å². The molecule has 2 heterocycles. The lowest BCUT2D eigenvalue weighted by Gasteiger charge is -2.10. The van der Waals surface area contributed by atoms with Crippen LogP contribution in [0.25, 0.3) is 16.9 Å². The summed E-state index contributed by atoms with van der Waals surface area (Å²) in [5.74, 6) is -0.600. The van der Waals surface area contributed by atoms with Gasteiger partial charge in [0.1, 0.15) is 5.56 Å². The van der Waals surface area contributed by atoms with Crippen LogP contribution in [0.15, 0.2) is 53.6 Å². The second-order valence-electron chi connectivity index (χ2n) is 5.25. The first-order valence-corrected chi connectivity index (χ1v) is 8.04. The third-order valence-corrected chi connectivity index (χ3v) is 3.76. The SMILES string of the molecule is O=C(NCCO)c1cc(-c2ccc(Cl)cc2)nn(-c2ccnnc2)c1=O. The highest BCUT2D eigenvalue weighted by molar-refractivity contribution is 6.30. The number of nitrogens with one attached hydrogen (secondary N) is 1. The molecular weight excluding hydrogens is 358 g/mol. The molecule has 0 atom stereocenters. The number of rotatable bonds is 5. The van der Waals surface area contributed by atoms with E-state index in [1.165, 1.54) is 18.5 Å². The Morgan fingerprint density at radius 3 is 2.62 bits per heavy atom. The number of amides is 1. The van der Waals surface area contributed by atoms with Crippen molar-refractivity contribution in [2.24, 2.45) is 0 Å². The van der Waals surface area contributed by atoms with E-state index in [1.54, 1.807) is 30.3 Å². The van der Waals surface area contributed by atoms with E-state index in [0.717, 1.165) is 4.68 Å². The molecule has 0 bridgehead atoms. The predicted octanol–water partition coefficient (Wildman–Crippen LogP) is 1.06. The Labute approximate surface area is 153 Å². The summed E-state index contributed by atoms with van der Waals surface area (Å²) in [6.07, 6.45) is 2.79. The molecule has 0 unspecified atom stereocenters. The predicted molar refractivity (Wildman–Crippen MR) is 95.3 cm³/mol. The third-order valence-electron chi connectivity index (χ3n) is 3.51. The van der Waals surface area contributed by atoms with Gasteiger partial charge in [0.25, 0.3) is 11.5 Å². The first-order valence-electron chi connectivity index (χ1n) is 7.66. The van der Waals surface area contributed by atoms with Crippen molar-refractivity contribution < 1.29 is 9.90 Å². The maximum atomic E-state index is 12.7. The van der Waals surface area contributed by atoms with Crippen LogP contribution >= 0.6 is 11.6 Å². The zero-order valence-electron chi connectivity index (χ0n) is 13.5.